The molecule has 1 aromatic carbocycles. The third kappa shape index (κ3) is 5.38. The number of hydrogen-bond donors (Lipinski definition) is 1. The molecule has 0 unspecified atom stereocenters. The van der Waals surface area contributed by atoms with Gasteiger partial charge in [-0.3, -0.25) is 9.59 Å². The van der Waals surface area contributed by atoms with Crippen LogP contribution in [0.2, 0.25) is 0 Å². The molecule has 8 nitrogen and oxygen atoms in total. The highest BCUT2D eigenvalue weighted by atomic mass is 32.1. The Labute approximate surface area is 209 Å². The molecule has 182 valence electrons. The minimum atomic E-state index is -0.151. The second kappa shape index (κ2) is 10.7. The van der Waals surface area contributed by atoms with Gasteiger partial charge < -0.3 is 19.5 Å². The molecule has 4 rings (SSSR count). The number of aryl methyl sites for hydroxylation is 2. The Bertz CT molecular complexity index is 1270. The second-order valence-corrected chi connectivity index (χ2v) is 9.84. The zero-order chi connectivity index (χ0) is 24.9. The van der Waals surface area contributed by atoms with Crippen LogP contribution >= 0.6 is 11.3 Å². The van der Waals surface area contributed by atoms with E-state index in [0.29, 0.717) is 42.9 Å². The first kappa shape index (κ1) is 24.5. The van der Waals surface area contributed by atoms with E-state index in [0.717, 1.165) is 27.6 Å². The number of hydrogen-bond acceptors (Lipinski definition) is 6. The van der Waals surface area contributed by atoms with Crippen molar-refractivity contribution >= 4 is 28.2 Å². The Kier molecular flexibility index (Phi) is 7.51. The number of ether oxygens (including phenoxy) is 1. The summed E-state index contributed by atoms with van der Waals surface area (Å²) in [4.78, 5) is 32.7. The van der Waals surface area contributed by atoms with Gasteiger partial charge in [0, 0.05) is 50.1 Å². The van der Waals surface area contributed by atoms with Crippen LogP contribution < -0.4 is 10.1 Å². The molecule has 2 amide bonds. The largest absolute Gasteiger partial charge is 0.496 e. The predicted molar refractivity (Wildman–Crippen MR) is 134 cm³/mol. The predicted octanol–water partition coefficient (Wildman–Crippen LogP) is 4.01. The van der Waals surface area contributed by atoms with Crippen LogP contribution in [-0.2, 0) is 36.0 Å². The number of benzene rings is 1. The highest BCUT2D eigenvalue weighted by Crippen LogP contribution is 2.37. The van der Waals surface area contributed by atoms with Gasteiger partial charge in [0.15, 0.2) is 0 Å². The summed E-state index contributed by atoms with van der Waals surface area (Å²) < 4.78 is 7.34. The van der Waals surface area contributed by atoms with Gasteiger partial charge in [-0.25, -0.2) is 4.98 Å². The van der Waals surface area contributed by atoms with Crippen LogP contribution in [-0.4, -0.2) is 39.9 Å². The van der Waals surface area contributed by atoms with Crippen molar-refractivity contribution in [1.29, 1.82) is 5.26 Å². The molecular weight excluding hydrogens is 462 g/mol. The van der Waals surface area contributed by atoms with E-state index in [1.807, 2.05) is 53.9 Å². The topological polar surface area (TPSA) is 100 Å². The average molecular weight is 492 g/mol. The van der Waals surface area contributed by atoms with Crippen molar-refractivity contribution in [2.45, 2.75) is 45.1 Å². The van der Waals surface area contributed by atoms with Crippen LogP contribution in [0.5, 0.6) is 5.75 Å². The summed E-state index contributed by atoms with van der Waals surface area (Å²) in [6, 6.07) is 9.94. The molecule has 0 fully saturated rings. The summed E-state index contributed by atoms with van der Waals surface area (Å²) in [5.41, 5.74) is 2.43. The molecule has 0 spiro atoms. The summed E-state index contributed by atoms with van der Waals surface area (Å²) in [6.07, 6.45) is 5.46. The third-order valence-electron chi connectivity index (χ3n) is 6.42. The number of aromatic nitrogens is 2. The Hall–Kier alpha value is -3.64. The molecule has 0 saturated carbocycles. The number of fused-ring (bicyclic) bond motifs is 1. The first-order valence-electron chi connectivity index (χ1n) is 11.6. The molecule has 0 bridgehead atoms. The van der Waals surface area contributed by atoms with Crippen LogP contribution in [0.25, 0.3) is 0 Å². The van der Waals surface area contributed by atoms with Crippen molar-refractivity contribution in [3.63, 3.8) is 0 Å². The number of imidazole rings is 1. The summed E-state index contributed by atoms with van der Waals surface area (Å²) in [7, 11) is 3.54. The number of para-hydroxylation sites is 1. The summed E-state index contributed by atoms with van der Waals surface area (Å²) >= 11 is 1.40. The molecule has 35 heavy (non-hydrogen) atoms. The van der Waals surface area contributed by atoms with Gasteiger partial charge in [0.05, 0.1) is 19.2 Å². The van der Waals surface area contributed by atoms with Gasteiger partial charge >= 0.3 is 0 Å². The molecule has 9 heteroatoms. The number of rotatable bonds is 8. The number of methoxy groups -OCH3 is 1. The van der Waals surface area contributed by atoms with Crippen molar-refractivity contribution in [2.24, 2.45) is 7.05 Å². The molecule has 2 aromatic heterocycles. The molecule has 0 aliphatic carbocycles. The van der Waals surface area contributed by atoms with Crippen LogP contribution in [0.15, 0.2) is 36.7 Å². The van der Waals surface area contributed by atoms with Crippen molar-refractivity contribution in [3.8, 4) is 11.8 Å². The second-order valence-electron chi connectivity index (χ2n) is 8.73. The summed E-state index contributed by atoms with van der Waals surface area (Å²) in [5, 5.41) is 13.3. The quantitative estimate of drug-likeness (QED) is 0.513. The van der Waals surface area contributed by atoms with Crippen LogP contribution in [0.4, 0.5) is 5.00 Å². The monoisotopic (exact) mass is 491 g/mol. The first-order valence-corrected chi connectivity index (χ1v) is 12.4. The van der Waals surface area contributed by atoms with Crippen molar-refractivity contribution in [1.82, 2.24) is 14.5 Å². The highest BCUT2D eigenvalue weighted by Gasteiger charge is 2.28. The molecule has 1 aliphatic heterocycles. The maximum absolute atomic E-state index is 12.8. The van der Waals surface area contributed by atoms with Crippen molar-refractivity contribution in [3.05, 3.63) is 64.1 Å². The molecule has 3 aromatic rings. The minimum absolute atomic E-state index is 0.0434. The fourth-order valence-electron chi connectivity index (χ4n) is 4.48. The van der Waals surface area contributed by atoms with Crippen LogP contribution in [0.3, 0.4) is 0 Å². The zero-order valence-electron chi connectivity index (χ0n) is 20.2. The van der Waals surface area contributed by atoms with E-state index in [2.05, 4.69) is 16.4 Å². The number of anilines is 1. The molecule has 0 radical (unpaired) electrons. The summed E-state index contributed by atoms with van der Waals surface area (Å²) in [5.74, 6) is 1.51. The van der Waals surface area contributed by atoms with E-state index >= 15 is 0 Å². The lowest BCUT2D eigenvalue weighted by atomic mass is 9.96. The maximum atomic E-state index is 12.8. The van der Waals surface area contributed by atoms with E-state index in [9.17, 15) is 14.9 Å². The lowest BCUT2D eigenvalue weighted by Gasteiger charge is -2.27. The van der Waals surface area contributed by atoms with E-state index in [4.69, 9.17) is 4.74 Å². The van der Waals surface area contributed by atoms with Gasteiger partial charge in [0.25, 0.3) is 0 Å². The first-order chi connectivity index (χ1) is 16.9. The van der Waals surface area contributed by atoms with E-state index in [-0.39, 0.29) is 24.2 Å². The molecular formula is C26H29N5O3S. The number of carbonyl (C=O) groups excluding carboxylic acids is 2. The highest BCUT2D eigenvalue weighted by molar-refractivity contribution is 7.16. The normalized spacial score (nSPS) is 13.6. The molecule has 0 saturated heterocycles. The fraction of sp³-hybridized carbons (Fsp3) is 0.385. The van der Waals surface area contributed by atoms with Crippen LogP contribution in [0.1, 0.15) is 53.1 Å². The number of nitrogens with one attached hydrogen (secondary N) is 1. The average Bonchev–Trinajstić information content (AvgIpc) is 3.43. The lowest BCUT2D eigenvalue weighted by Crippen LogP contribution is -2.35. The number of amides is 2. The molecule has 1 atom stereocenters. The lowest BCUT2D eigenvalue weighted by molar-refractivity contribution is -0.132. The van der Waals surface area contributed by atoms with Gasteiger partial charge in [-0.05, 0) is 29.5 Å². The maximum Gasteiger partial charge on any atom is 0.225 e. The van der Waals surface area contributed by atoms with E-state index in [1.165, 1.54) is 11.3 Å². The van der Waals surface area contributed by atoms with Gasteiger partial charge in [-0.1, -0.05) is 25.1 Å². The Balaban J connectivity index is 1.40. The molecule has 1 N–H and O–H groups in total. The number of nitrogens with zero attached hydrogens (tertiary/aromatic N) is 4. The fourth-order valence-corrected chi connectivity index (χ4v) is 5.71. The van der Waals surface area contributed by atoms with Gasteiger partial charge in [0.2, 0.25) is 11.8 Å². The summed E-state index contributed by atoms with van der Waals surface area (Å²) in [6.45, 7) is 3.01. The van der Waals surface area contributed by atoms with Gasteiger partial charge in [-0.15, -0.1) is 11.3 Å². The van der Waals surface area contributed by atoms with Crippen molar-refractivity contribution in [2.75, 3.05) is 19.0 Å². The number of nitriles is 1. The smallest absolute Gasteiger partial charge is 0.225 e. The standard InChI is InChI=1S/C26H29N5O3S/c1-17(18-6-4-5-7-21(18)34-3)14-24(32)29-26-20(15-27)19-10-12-31(16-22(19)35-26)25(33)9-8-23-28-11-13-30(23)2/h4-7,11,13,17H,8-10,12,14,16H2,1-3H3,(H,29,32)/t17-/m0/s1. The molecule has 3 heterocycles. The molecule has 1 aliphatic rings. The number of thiophene rings is 1. The van der Waals surface area contributed by atoms with Gasteiger partial charge in [0.1, 0.15) is 22.6 Å². The van der Waals surface area contributed by atoms with Crippen LogP contribution in [0, 0.1) is 11.3 Å². The SMILES string of the molecule is COc1ccccc1[C@@H](C)CC(=O)Nc1sc2c(c1C#N)CCN(C(=O)CCc1nccn1C)C2. The Morgan fingerprint density at radius 1 is 1.34 bits per heavy atom. The Morgan fingerprint density at radius 3 is 2.86 bits per heavy atom. The minimum Gasteiger partial charge on any atom is -0.496 e. The zero-order valence-corrected chi connectivity index (χ0v) is 21.0. The van der Waals surface area contributed by atoms with E-state index < -0.39 is 0 Å². The van der Waals surface area contributed by atoms with Crippen molar-refractivity contribution < 1.29 is 14.3 Å². The Morgan fingerprint density at radius 2 is 2.14 bits per heavy atom. The third-order valence-corrected chi connectivity index (χ3v) is 7.55. The number of carbonyl (C=O) groups is 2. The van der Waals surface area contributed by atoms with Gasteiger partial charge in [-0.2, -0.15) is 5.26 Å². The van der Waals surface area contributed by atoms with E-state index in [1.54, 1.807) is 13.3 Å².